The number of nitrogens with zero attached hydrogens (tertiary/aromatic N) is 1. The summed E-state index contributed by atoms with van der Waals surface area (Å²) in [7, 11) is 0. The number of amides is 2. The molecule has 2 aliphatic rings. The molecule has 0 bridgehead atoms. The Morgan fingerprint density at radius 1 is 1.11 bits per heavy atom. The fraction of sp³-hybridized carbons (Fsp3) is 0.565. The van der Waals surface area contributed by atoms with Crippen LogP contribution in [0.15, 0.2) is 30.3 Å². The summed E-state index contributed by atoms with van der Waals surface area (Å²) >= 11 is 0. The van der Waals surface area contributed by atoms with E-state index in [4.69, 9.17) is 0 Å². The third kappa shape index (κ3) is 6.79. The lowest BCUT2D eigenvalue weighted by molar-refractivity contribution is -0.116. The highest BCUT2D eigenvalue weighted by Gasteiger charge is 2.23. The van der Waals surface area contributed by atoms with E-state index in [2.05, 4.69) is 29.4 Å². The molecule has 0 radical (unpaired) electrons. The van der Waals surface area contributed by atoms with Crippen molar-refractivity contribution in [3.05, 3.63) is 41.5 Å². The Bertz CT molecular complexity index is 684. The van der Waals surface area contributed by atoms with Crippen LogP contribution in [-0.2, 0) is 4.79 Å². The van der Waals surface area contributed by atoms with Gasteiger partial charge in [0.05, 0.1) is 0 Å². The molecular weight excluding hydrogens is 350 g/mol. The number of hydrogen-bond donors (Lipinski definition) is 2. The molecule has 2 atom stereocenters. The van der Waals surface area contributed by atoms with Crippen LogP contribution in [0, 0.1) is 11.8 Å². The van der Waals surface area contributed by atoms with Crippen molar-refractivity contribution in [1.82, 2.24) is 15.5 Å². The molecule has 1 aliphatic heterocycles. The van der Waals surface area contributed by atoms with E-state index >= 15 is 0 Å². The molecule has 1 saturated heterocycles. The molecule has 1 aromatic rings. The second-order valence-electron chi connectivity index (χ2n) is 8.55. The summed E-state index contributed by atoms with van der Waals surface area (Å²) in [4.78, 5) is 26.5. The van der Waals surface area contributed by atoms with Gasteiger partial charge >= 0.3 is 0 Å². The minimum Gasteiger partial charge on any atom is -0.353 e. The van der Waals surface area contributed by atoms with Crippen LogP contribution in [0.2, 0.25) is 0 Å². The number of likely N-dealkylation sites (tertiary alicyclic amines) is 1. The van der Waals surface area contributed by atoms with Crippen molar-refractivity contribution in [2.24, 2.45) is 11.8 Å². The predicted molar refractivity (Wildman–Crippen MR) is 113 cm³/mol. The molecule has 2 N–H and O–H groups in total. The van der Waals surface area contributed by atoms with Gasteiger partial charge in [-0.05, 0) is 67.8 Å². The molecule has 1 aliphatic carbocycles. The Kier molecular flexibility index (Phi) is 7.26. The molecule has 0 spiro atoms. The average Bonchev–Trinajstić information content (AvgIpc) is 3.47. The van der Waals surface area contributed by atoms with Gasteiger partial charge in [0, 0.05) is 37.3 Å². The molecule has 5 heteroatoms. The summed E-state index contributed by atoms with van der Waals surface area (Å²) < 4.78 is 0. The van der Waals surface area contributed by atoms with Crippen LogP contribution in [0.4, 0.5) is 0 Å². The minimum atomic E-state index is -0.0732. The Morgan fingerprint density at radius 3 is 2.43 bits per heavy atom. The quantitative estimate of drug-likeness (QED) is 0.536. The van der Waals surface area contributed by atoms with E-state index in [9.17, 15) is 9.59 Å². The molecule has 3 rings (SSSR count). The first-order valence-corrected chi connectivity index (χ1v) is 10.6. The van der Waals surface area contributed by atoms with Crippen molar-refractivity contribution in [2.75, 3.05) is 26.2 Å². The summed E-state index contributed by atoms with van der Waals surface area (Å²) in [6.07, 6.45) is 7.81. The second-order valence-corrected chi connectivity index (χ2v) is 8.55. The second kappa shape index (κ2) is 9.87. The normalized spacial score (nSPS) is 22.9. The van der Waals surface area contributed by atoms with E-state index in [0.29, 0.717) is 18.2 Å². The van der Waals surface area contributed by atoms with E-state index in [1.807, 2.05) is 12.1 Å². The van der Waals surface area contributed by atoms with E-state index in [-0.39, 0.29) is 11.8 Å². The first-order chi connectivity index (χ1) is 13.5. The zero-order valence-corrected chi connectivity index (χ0v) is 17.1. The number of benzene rings is 1. The molecule has 1 heterocycles. The van der Waals surface area contributed by atoms with Crippen molar-refractivity contribution in [2.45, 2.75) is 45.6 Å². The number of carbonyl (C=O) groups excluding carboxylic acids is 2. The number of hydrogen-bond acceptors (Lipinski definition) is 3. The molecule has 2 unspecified atom stereocenters. The summed E-state index contributed by atoms with van der Waals surface area (Å²) in [5.41, 5.74) is 1.57. The lowest BCUT2D eigenvalue weighted by Crippen LogP contribution is -2.40. The topological polar surface area (TPSA) is 61.4 Å². The van der Waals surface area contributed by atoms with Crippen LogP contribution in [0.25, 0.3) is 6.08 Å². The van der Waals surface area contributed by atoms with Gasteiger partial charge in [-0.2, -0.15) is 0 Å². The van der Waals surface area contributed by atoms with Gasteiger partial charge in [0.15, 0.2) is 0 Å². The van der Waals surface area contributed by atoms with E-state index in [0.717, 1.165) is 43.2 Å². The molecule has 5 nitrogen and oxygen atoms in total. The average molecular weight is 384 g/mol. The van der Waals surface area contributed by atoms with E-state index in [1.54, 1.807) is 24.3 Å². The highest BCUT2D eigenvalue weighted by atomic mass is 16.2. The Morgan fingerprint density at radius 2 is 1.79 bits per heavy atom. The minimum absolute atomic E-state index is 0.0201. The van der Waals surface area contributed by atoms with Gasteiger partial charge < -0.3 is 15.5 Å². The van der Waals surface area contributed by atoms with E-state index < -0.39 is 0 Å². The van der Waals surface area contributed by atoms with Crippen LogP contribution in [0.5, 0.6) is 0 Å². The van der Waals surface area contributed by atoms with Crippen LogP contribution < -0.4 is 10.6 Å². The van der Waals surface area contributed by atoms with Crippen LogP contribution in [-0.4, -0.2) is 48.9 Å². The standard InChI is InChI=1S/C23H33N3O2/c1-17-14-18(2)16-26(15-17)13-3-12-24-22(27)11-6-19-4-7-20(8-5-19)23(28)25-21-9-10-21/h4-8,11,17-18,21H,3,9-10,12-16H2,1-2H3,(H,24,27)(H,25,28)/b11-6+. The van der Waals surface area contributed by atoms with Crippen molar-refractivity contribution >= 4 is 17.9 Å². The van der Waals surface area contributed by atoms with Gasteiger partial charge in [-0.3, -0.25) is 9.59 Å². The molecule has 2 fully saturated rings. The van der Waals surface area contributed by atoms with Gasteiger partial charge in [0.1, 0.15) is 0 Å². The van der Waals surface area contributed by atoms with Crippen LogP contribution >= 0.6 is 0 Å². The molecule has 1 saturated carbocycles. The monoisotopic (exact) mass is 383 g/mol. The van der Waals surface area contributed by atoms with E-state index in [1.165, 1.54) is 19.5 Å². The highest BCUT2D eigenvalue weighted by molar-refractivity contribution is 5.95. The van der Waals surface area contributed by atoms with Crippen LogP contribution in [0.3, 0.4) is 0 Å². The Labute approximate surface area is 168 Å². The maximum atomic E-state index is 12.0. The molecular formula is C23H33N3O2. The fourth-order valence-corrected chi connectivity index (χ4v) is 3.96. The number of carbonyl (C=O) groups is 2. The van der Waals surface area contributed by atoms with Crippen molar-refractivity contribution in [3.8, 4) is 0 Å². The molecule has 152 valence electrons. The number of nitrogens with one attached hydrogen (secondary N) is 2. The SMILES string of the molecule is CC1CC(C)CN(CCCNC(=O)/C=C/c2ccc(C(=O)NC3CC3)cc2)C1. The molecule has 28 heavy (non-hydrogen) atoms. The molecule has 1 aromatic carbocycles. The zero-order chi connectivity index (χ0) is 19.9. The summed E-state index contributed by atoms with van der Waals surface area (Å²) in [6.45, 7) is 8.73. The Hall–Kier alpha value is -2.14. The maximum absolute atomic E-state index is 12.0. The molecule has 0 aromatic heterocycles. The van der Waals surface area contributed by atoms with Gasteiger partial charge in [-0.15, -0.1) is 0 Å². The third-order valence-corrected chi connectivity index (χ3v) is 5.41. The third-order valence-electron chi connectivity index (χ3n) is 5.41. The summed E-state index contributed by atoms with van der Waals surface area (Å²) in [5, 5.41) is 5.93. The maximum Gasteiger partial charge on any atom is 0.251 e. The van der Waals surface area contributed by atoms with Crippen molar-refractivity contribution < 1.29 is 9.59 Å². The first kappa shape index (κ1) is 20.6. The number of rotatable bonds is 8. The zero-order valence-electron chi connectivity index (χ0n) is 17.1. The number of piperidine rings is 1. The summed E-state index contributed by atoms with van der Waals surface area (Å²) in [6, 6.07) is 7.69. The fourth-order valence-electron chi connectivity index (χ4n) is 3.96. The Balaban J connectivity index is 1.34. The van der Waals surface area contributed by atoms with Gasteiger partial charge in [-0.25, -0.2) is 0 Å². The largest absolute Gasteiger partial charge is 0.353 e. The first-order valence-electron chi connectivity index (χ1n) is 10.6. The molecule has 2 amide bonds. The van der Waals surface area contributed by atoms with Crippen LogP contribution in [0.1, 0.15) is 55.5 Å². The van der Waals surface area contributed by atoms with Gasteiger partial charge in [0.2, 0.25) is 5.91 Å². The lowest BCUT2D eigenvalue weighted by atomic mass is 9.92. The predicted octanol–water partition coefficient (Wildman–Crippen LogP) is 3.08. The smallest absolute Gasteiger partial charge is 0.251 e. The highest BCUT2D eigenvalue weighted by Crippen LogP contribution is 2.21. The lowest BCUT2D eigenvalue weighted by Gasteiger charge is -2.34. The van der Waals surface area contributed by atoms with Crippen molar-refractivity contribution in [1.29, 1.82) is 0 Å². The summed E-state index contributed by atoms with van der Waals surface area (Å²) in [5.74, 6) is 1.45. The van der Waals surface area contributed by atoms with Gasteiger partial charge in [0.25, 0.3) is 5.91 Å². The van der Waals surface area contributed by atoms with Crippen molar-refractivity contribution in [3.63, 3.8) is 0 Å². The van der Waals surface area contributed by atoms with Gasteiger partial charge in [-0.1, -0.05) is 26.0 Å².